The molecule has 0 aromatic rings. The van der Waals surface area contributed by atoms with E-state index in [4.69, 9.17) is 0 Å². The van der Waals surface area contributed by atoms with Crippen LogP contribution >= 0.6 is 0 Å². The number of sulfone groups is 1. The van der Waals surface area contributed by atoms with E-state index in [1.807, 2.05) is 6.08 Å². The summed E-state index contributed by atoms with van der Waals surface area (Å²) in [6.45, 7) is 3.74. The Hall–Kier alpha value is -0.570. The lowest BCUT2D eigenvalue weighted by Gasteiger charge is -2.24. The zero-order valence-corrected chi connectivity index (χ0v) is 11.4. The monoisotopic (exact) mass is 264 g/mol. The lowest BCUT2D eigenvalue weighted by atomic mass is 9.81. The lowest BCUT2D eigenvalue weighted by molar-refractivity contribution is 0.334. The number of rotatable bonds is 3. The van der Waals surface area contributed by atoms with Crippen LogP contribution in [0.15, 0.2) is 24.8 Å². The van der Waals surface area contributed by atoms with Crippen molar-refractivity contribution in [2.75, 3.05) is 5.75 Å². The Morgan fingerprint density at radius 1 is 1.28 bits per heavy atom. The van der Waals surface area contributed by atoms with Gasteiger partial charge in [-0.05, 0) is 54.8 Å². The normalized spacial score (nSPS) is 48.6. The molecule has 5 atom stereocenters. The van der Waals surface area contributed by atoms with Gasteiger partial charge in [0, 0.05) is 0 Å². The molecule has 18 heavy (non-hydrogen) atoms. The van der Waals surface area contributed by atoms with Crippen LogP contribution < -0.4 is 0 Å². The Labute approximate surface area is 109 Å². The predicted molar refractivity (Wildman–Crippen MR) is 71.8 cm³/mol. The summed E-state index contributed by atoms with van der Waals surface area (Å²) in [5, 5.41) is -0.0853. The lowest BCUT2D eigenvalue weighted by Crippen LogP contribution is -2.28. The summed E-state index contributed by atoms with van der Waals surface area (Å²) in [4.78, 5) is 0. The molecule has 0 radical (unpaired) electrons. The molecular formula is C15H20O2S. The smallest absolute Gasteiger partial charge is 0.153 e. The van der Waals surface area contributed by atoms with Gasteiger partial charge in [-0.25, -0.2) is 8.42 Å². The van der Waals surface area contributed by atoms with Gasteiger partial charge in [-0.15, -0.1) is 6.58 Å². The molecule has 2 bridgehead atoms. The molecule has 0 N–H and O–H groups in total. The fourth-order valence-electron chi connectivity index (χ4n) is 5.25. The van der Waals surface area contributed by atoms with E-state index in [-0.39, 0.29) is 5.25 Å². The molecule has 98 valence electrons. The van der Waals surface area contributed by atoms with E-state index in [0.717, 1.165) is 12.8 Å². The van der Waals surface area contributed by atoms with Crippen molar-refractivity contribution in [1.29, 1.82) is 0 Å². The van der Waals surface area contributed by atoms with E-state index in [1.165, 1.54) is 12.8 Å². The molecule has 1 spiro atoms. The van der Waals surface area contributed by atoms with Crippen molar-refractivity contribution in [1.82, 2.24) is 0 Å². The second kappa shape index (κ2) is 3.30. The van der Waals surface area contributed by atoms with Gasteiger partial charge in [0.2, 0.25) is 0 Å². The minimum absolute atomic E-state index is 0.0853. The van der Waals surface area contributed by atoms with Gasteiger partial charge in [0.05, 0.1) is 11.0 Å². The van der Waals surface area contributed by atoms with Gasteiger partial charge in [0.25, 0.3) is 0 Å². The second-order valence-electron chi connectivity index (χ2n) is 6.64. The van der Waals surface area contributed by atoms with Crippen molar-refractivity contribution in [2.24, 2.45) is 29.1 Å². The minimum Gasteiger partial charge on any atom is -0.229 e. The van der Waals surface area contributed by atoms with Crippen LogP contribution in [0.5, 0.6) is 0 Å². The molecule has 3 heteroatoms. The van der Waals surface area contributed by atoms with Gasteiger partial charge in [0.15, 0.2) is 9.84 Å². The molecule has 0 aromatic heterocycles. The van der Waals surface area contributed by atoms with Crippen LogP contribution in [0.25, 0.3) is 0 Å². The fraction of sp³-hybridized carbons (Fsp3) is 0.733. The zero-order valence-electron chi connectivity index (χ0n) is 10.6. The molecule has 2 saturated carbocycles. The Bertz CT molecular complexity index is 527. The van der Waals surface area contributed by atoms with Gasteiger partial charge in [-0.3, -0.25) is 0 Å². The largest absolute Gasteiger partial charge is 0.229 e. The van der Waals surface area contributed by atoms with Crippen molar-refractivity contribution in [3.8, 4) is 0 Å². The summed E-state index contributed by atoms with van der Waals surface area (Å²) in [5.74, 6) is 2.46. The van der Waals surface area contributed by atoms with Gasteiger partial charge < -0.3 is 0 Å². The van der Waals surface area contributed by atoms with Crippen molar-refractivity contribution in [3.63, 3.8) is 0 Å². The van der Waals surface area contributed by atoms with Gasteiger partial charge in [-0.1, -0.05) is 18.2 Å². The molecule has 0 unspecified atom stereocenters. The topological polar surface area (TPSA) is 34.1 Å². The van der Waals surface area contributed by atoms with Crippen LogP contribution in [0.2, 0.25) is 0 Å². The van der Waals surface area contributed by atoms with Gasteiger partial charge in [-0.2, -0.15) is 0 Å². The van der Waals surface area contributed by atoms with E-state index < -0.39 is 9.84 Å². The predicted octanol–water partition coefficient (Wildman–Crippen LogP) is 2.58. The number of hydrogen-bond acceptors (Lipinski definition) is 2. The van der Waals surface area contributed by atoms with Crippen LogP contribution in [-0.2, 0) is 9.84 Å². The SMILES string of the molecule is C=CCC[C@@H]1[C@@H]2[C@H](CS1(=O)=O)[C@@H]1C=C[C@H]2C12CC2. The highest BCUT2D eigenvalue weighted by molar-refractivity contribution is 7.92. The summed E-state index contributed by atoms with van der Waals surface area (Å²) in [6.07, 6.45) is 10.8. The molecule has 1 heterocycles. The average Bonchev–Trinajstić information content (AvgIpc) is 2.89. The molecule has 2 nitrogen and oxygen atoms in total. The maximum absolute atomic E-state index is 12.4. The van der Waals surface area contributed by atoms with E-state index in [1.54, 1.807) is 0 Å². The van der Waals surface area contributed by atoms with Crippen LogP contribution in [-0.4, -0.2) is 19.4 Å². The third kappa shape index (κ3) is 1.17. The summed E-state index contributed by atoms with van der Waals surface area (Å²) in [7, 11) is -2.85. The first kappa shape index (κ1) is 11.3. The van der Waals surface area contributed by atoms with E-state index in [9.17, 15) is 8.42 Å². The minimum atomic E-state index is -2.85. The maximum atomic E-state index is 12.4. The fourth-order valence-corrected chi connectivity index (χ4v) is 7.81. The first-order chi connectivity index (χ1) is 8.60. The summed E-state index contributed by atoms with van der Waals surface area (Å²) >= 11 is 0. The molecule has 4 aliphatic rings. The molecule has 0 aromatic carbocycles. The van der Waals surface area contributed by atoms with Gasteiger partial charge in [0.1, 0.15) is 0 Å². The summed E-state index contributed by atoms with van der Waals surface area (Å²) in [5.41, 5.74) is 0.512. The molecule has 1 saturated heterocycles. The quantitative estimate of drug-likeness (QED) is 0.734. The van der Waals surface area contributed by atoms with Crippen molar-refractivity contribution < 1.29 is 8.42 Å². The molecule has 4 rings (SSSR count). The van der Waals surface area contributed by atoms with E-state index in [2.05, 4.69) is 18.7 Å². The third-order valence-electron chi connectivity index (χ3n) is 6.02. The highest BCUT2D eigenvalue weighted by Crippen LogP contribution is 2.74. The maximum Gasteiger partial charge on any atom is 0.153 e. The first-order valence-electron chi connectivity index (χ1n) is 7.11. The Kier molecular flexibility index (Phi) is 2.07. The third-order valence-corrected chi connectivity index (χ3v) is 8.34. The Balaban J connectivity index is 1.71. The van der Waals surface area contributed by atoms with Crippen LogP contribution in [0.1, 0.15) is 25.7 Å². The summed E-state index contributed by atoms with van der Waals surface area (Å²) < 4.78 is 24.7. The van der Waals surface area contributed by atoms with Crippen molar-refractivity contribution in [2.45, 2.75) is 30.9 Å². The van der Waals surface area contributed by atoms with E-state index >= 15 is 0 Å². The average molecular weight is 264 g/mol. The van der Waals surface area contributed by atoms with Crippen molar-refractivity contribution >= 4 is 9.84 Å². The molecule has 1 aliphatic heterocycles. The highest BCUT2D eigenvalue weighted by Gasteiger charge is 2.71. The van der Waals surface area contributed by atoms with Crippen LogP contribution in [0.4, 0.5) is 0 Å². The molecule has 3 aliphatic carbocycles. The Morgan fingerprint density at radius 2 is 2.00 bits per heavy atom. The van der Waals surface area contributed by atoms with Crippen LogP contribution in [0.3, 0.4) is 0 Å². The van der Waals surface area contributed by atoms with Gasteiger partial charge >= 0.3 is 0 Å². The van der Waals surface area contributed by atoms with E-state index in [0.29, 0.717) is 34.8 Å². The zero-order chi connectivity index (χ0) is 12.5. The number of hydrogen-bond donors (Lipinski definition) is 0. The number of allylic oxidation sites excluding steroid dienone is 3. The van der Waals surface area contributed by atoms with Crippen LogP contribution in [0, 0.1) is 29.1 Å². The first-order valence-corrected chi connectivity index (χ1v) is 8.82. The second-order valence-corrected chi connectivity index (χ2v) is 8.91. The van der Waals surface area contributed by atoms with Crippen molar-refractivity contribution in [3.05, 3.63) is 24.8 Å². The Morgan fingerprint density at radius 3 is 2.67 bits per heavy atom. The molecule has 0 amide bonds. The highest BCUT2D eigenvalue weighted by atomic mass is 32.2. The number of fused-ring (bicyclic) bond motifs is 3. The standard InChI is InChI=1S/C15H20O2S/c1-2-3-4-13-14-10(9-18(13,16)17)11-5-6-12(14)15(11)7-8-15/h2,5-6,10-14H,1,3-4,7-9H2/t10-,11+,12-,13-,14-/m1/s1. The molecular weight excluding hydrogens is 244 g/mol. The summed E-state index contributed by atoms with van der Waals surface area (Å²) in [6, 6.07) is 0. The molecule has 3 fully saturated rings.